The maximum Gasteiger partial charge on any atom is 0.350 e. The van der Waals surface area contributed by atoms with Gasteiger partial charge in [-0.2, -0.15) is 5.26 Å². The lowest BCUT2D eigenvalue weighted by atomic mass is 10.2. The smallest absolute Gasteiger partial charge is 0.350 e. The largest absolute Gasteiger partial charge is 0.465 e. The normalized spacial score (nSPS) is 17.8. The molecule has 0 radical (unpaired) electrons. The molecule has 1 saturated heterocycles. The summed E-state index contributed by atoms with van der Waals surface area (Å²) in [5.41, 5.74) is 6.13. The number of sulfone groups is 1. The van der Waals surface area contributed by atoms with Crippen molar-refractivity contribution in [3.05, 3.63) is 10.4 Å². The van der Waals surface area contributed by atoms with Crippen LogP contribution in [0.25, 0.3) is 0 Å². The first-order valence-electron chi connectivity index (χ1n) is 6.25. The van der Waals surface area contributed by atoms with Crippen molar-refractivity contribution in [1.29, 1.82) is 5.26 Å². The Morgan fingerprint density at radius 1 is 1.43 bits per heavy atom. The number of nitrogen functional groups attached to an aromatic ring is 1. The van der Waals surface area contributed by atoms with Crippen LogP contribution in [-0.4, -0.2) is 46.1 Å². The molecule has 1 aliphatic rings. The molecule has 0 aromatic carbocycles. The van der Waals surface area contributed by atoms with E-state index in [0.717, 1.165) is 11.3 Å². The SMILES string of the molecule is COC(=O)c1sc(N2CCCS(=O)(=O)CC2)c(C#N)c1N. The van der Waals surface area contributed by atoms with Crippen LogP contribution >= 0.6 is 11.3 Å². The summed E-state index contributed by atoms with van der Waals surface area (Å²) in [6.07, 6.45) is 0.485. The van der Waals surface area contributed by atoms with Gasteiger partial charge in [-0.15, -0.1) is 11.3 Å². The Morgan fingerprint density at radius 2 is 2.14 bits per heavy atom. The first-order chi connectivity index (χ1) is 9.89. The molecule has 2 heterocycles. The summed E-state index contributed by atoms with van der Waals surface area (Å²) in [5, 5.41) is 9.79. The van der Waals surface area contributed by atoms with Crippen LogP contribution in [0.2, 0.25) is 0 Å². The van der Waals surface area contributed by atoms with E-state index in [4.69, 9.17) is 5.73 Å². The van der Waals surface area contributed by atoms with Crippen LogP contribution in [0.1, 0.15) is 21.7 Å². The molecule has 0 amide bonds. The molecule has 0 aliphatic carbocycles. The summed E-state index contributed by atoms with van der Waals surface area (Å²) in [6, 6.07) is 1.99. The molecule has 9 heteroatoms. The number of nitrogens with zero attached hydrogens (tertiary/aromatic N) is 2. The number of carbonyl (C=O) groups excluding carboxylic acids is 1. The van der Waals surface area contributed by atoms with Gasteiger partial charge in [0.2, 0.25) is 0 Å². The van der Waals surface area contributed by atoms with Crippen LogP contribution in [0.15, 0.2) is 0 Å². The lowest BCUT2D eigenvalue weighted by Gasteiger charge is -2.20. The molecule has 1 aliphatic heterocycles. The topological polar surface area (TPSA) is 113 Å². The third-order valence-electron chi connectivity index (χ3n) is 3.25. The minimum absolute atomic E-state index is 0.0310. The van der Waals surface area contributed by atoms with Gasteiger partial charge < -0.3 is 15.4 Å². The minimum Gasteiger partial charge on any atom is -0.465 e. The van der Waals surface area contributed by atoms with Crippen molar-refractivity contribution in [3.8, 4) is 6.07 Å². The molecule has 7 nitrogen and oxygen atoms in total. The predicted molar refractivity (Wildman–Crippen MR) is 80.3 cm³/mol. The molecule has 1 fully saturated rings. The summed E-state index contributed by atoms with van der Waals surface area (Å²) in [7, 11) is -1.81. The van der Waals surface area contributed by atoms with Crippen molar-refractivity contribution in [3.63, 3.8) is 0 Å². The zero-order valence-corrected chi connectivity index (χ0v) is 13.1. The predicted octanol–water partition coefficient (Wildman–Crippen LogP) is 0.613. The van der Waals surface area contributed by atoms with Crippen molar-refractivity contribution >= 4 is 37.8 Å². The average molecular weight is 329 g/mol. The molecule has 1 aromatic heterocycles. The summed E-state index contributed by atoms with van der Waals surface area (Å²) < 4.78 is 27.9. The van der Waals surface area contributed by atoms with Crippen molar-refractivity contribution in [2.75, 3.05) is 42.3 Å². The van der Waals surface area contributed by atoms with Crippen molar-refractivity contribution < 1.29 is 17.9 Å². The molecule has 0 spiro atoms. The number of carbonyl (C=O) groups is 1. The van der Waals surface area contributed by atoms with Gasteiger partial charge in [0, 0.05) is 13.1 Å². The monoisotopic (exact) mass is 329 g/mol. The minimum atomic E-state index is -3.05. The highest BCUT2D eigenvalue weighted by Crippen LogP contribution is 2.38. The number of thiophene rings is 1. The number of hydrogen-bond donors (Lipinski definition) is 1. The van der Waals surface area contributed by atoms with Crippen LogP contribution in [0, 0.1) is 11.3 Å². The van der Waals surface area contributed by atoms with Gasteiger partial charge in [0.25, 0.3) is 0 Å². The van der Waals surface area contributed by atoms with E-state index in [1.807, 2.05) is 6.07 Å². The van der Waals surface area contributed by atoms with Gasteiger partial charge in [-0.3, -0.25) is 0 Å². The highest BCUT2D eigenvalue weighted by molar-refractivity contribution is 7.91. The Hall–Kier alpha value is -1.79. The van der Waals surface area contributed by atoms with E-state index in [1.165, 1.54) is 7.11 Å². The maximum atomic E-state index is 11.7. The number of ether oxygens (including phenoxy) is 1. The zero-order valence-electron chi connectivity index (χ0n) is 11.5. The second kappa shape index (κ2) is 5.91. The van der Waals surface area contributed by atoms with Gasteiger partial charge in [-0.1, -0.05) is 0 Å². The highest BCUT2D eigenvalue weighted by Gasteiger charge is 2.27. The number of nitrogens with two attached hydrogens (primary N) is 1. The fourth-order valence-corrected chi connectivity index (χ4v) is 4.56. The molecule has 0 unspecified atom stereocenters. The standard InChI is InChI=1S/C12H15N3O4S2/c1-19-12(16)10-9(14)8(7-13)11(20-10)15-3-2-5-21(17,18)6-4-15/h2-6,14H2,1H3. The Kier molecular flexibility index (Phi) is 4.39. The molecule has 0 atom stereocenters. The first-order valence-corrected chi connectivity index (χ1v) is 8.89. The molecular formula is C12H15N3O4S2. The van der Waals surface area contributed by atoms with Crippen molar-refractivity contribution in [2.24, 2.45) is 0 Å². The average Bonchev–Trinajstić information content (AvgIpc) is 2.66. The van der Waals surface area contributed by atoms with Crippen LogP contribution in [0.4, 0.5) is 10.7 Å². The third-order valence-corrected chi connectivity index (χ3v) is 6.21. The zero-order chi connectivity index (χ0) is 15.6. The van der Waals surface area contributed by atoms with E-state index in [9.17, 15) is 18.5 Å². The maximum absolute atomic E-state index is 11.7. The van der Waals surface area contributed by atoms with E-state index < -0.39 is 15.8 Å². The van der Waals surface area contributed by atoms with Crippen LogP contribution in [-0.2, 0) is 14.6 Å². The Labute approximate surface area is 126 Å². The van der Waals surface area contributed by atoms with Crippen LogP contribution in [0.3, 0.4) is 0 Å². The first kappa shape index (κ1) is 15.6. The molecule has 114 valence electrons. The second-order valence-corrected chi connectivity index (χ2v) is 7.92. The molecule has 21 heavy (non-hydrogen) atoms. The number of methoxy groups -OCH3 is 1. The number of esters is 1. The van der Waals surface area contributed by atoms with E-state index >= 15 is 0 Å². The van der Waals surface area contributed by atoms with Gasteiger partial charge in [0.15, 0.2) is 9.84 Å². The number of nitriles is 1. The van der Waals surface area contributed by atoms with E-state index in [2.05, 4.69) is 4.74 Å². The Morgan fingerprint density at radius 3 is 2.76 bits per heavy atom. The van der Waals surface area contributed by atoms with Gasteiger partial charge in [0.05, 0.1) is 24.3 Å². The van der Waals surface area contributed by atoms with Gasteiger partial charge in [-0.25, -0.2) is 13.2 Å². The lowest BCUT2D eigenvalue weighted by Crippen LogP contribution is -2.26. The number of hydrogen-bond acceptors (Lipinski definition) is 8. The van der Waals surface area contributed by atoms with E-state index in [-0.39, 0.29) is 34.2 Å². The molecular weight excluding hydrogens is 314 g/mol. The van der Waals surface area contributed by atoms with Gasteiger partial charge in [-0.05, 0) is 6.42 Å². The molecule has 2 rings (SSSR count). The van der Waals surface area contributed by atoms with Crippen molar-refractivity contribution in [1.82, 2.24) is 0 Å². The van der Waals surface area contributed by atoms with Gasteiger partial charge >= 0.3 is 5.97 Å². The van der Waals surface area contributed by atoms with Crippen LogP contribution < -0.4 is 10.6 Å². The summed E-state index contributed by atoms with van der Waals surface area (Å²) >= 11 is 1.07. The fraction of sp³-hybridized carbons (Fsp3) is 0.500. The fourth-order valence-electron chi connectivity index (χ4n) is 2.15. The Balaban J connectivity index is 2.40. The molecule has 0 saturated carbocycles. The third kappa shape index (κ3) is 3.11. The highest BCUT2D eigenvalue weighted by atomic mass is 32.2. The summed E-state index contributed by atoms with van der Waals surface area (Å²) in [4.78, 5) is 13.6. The van der Waals surface area contributed by atoms with Gasteiger partial charge in [0.1, 0.15) is 21.5 Å². The lowest BCUT2D eigenvalue weighted by molar-refractivity contribution is 0.0607. The quantitative estimate of drug-likeness (QED) is 0.791. The van der Waals surface area contributed by atoms with Crippen molar-refractivity contribution in [2.45, 2.75) is 6.42 Å². The summed E-state index contributed by atoms with van der Waals surface area (Å²) in [6.45, 7) is 0.798. The second-order valence-electron chi connectivity index (χ2n) is 4.62. The molecule has 2 N–H and O–H groups in total. The number of anilines is 2. The number of rotatable bonds is 2. The summed E-state index contributed by atoms with van der Waals surface area (Å²) in [5.74, 6) is -0.429. The van der Waals surface area contributed by atoms with Crippen LogP contribution in [0.5, 0.6) is 0 Å². The van der Waals surface area contributed by atoms with E-state index in [0.29, 0.717) is 18.0 Å². The molecule has 0 bridgehead atoms. The van der Waals surface area contributed by atoms with E-state index in [1.54, 1.807) is 4.90 Å². The molecule has 1 aromatic rings. The Bertz CT molecular complexity index is 703.